The molecule has 0 atom stereocenters. The molecule has 0 bridgehead atoms. The third-order valence-corrected chi connectivity index (χ3v) is 3.59. The van der Waals surface area contributed by atoms with Crippen LogP contribution in [0.4, 0.5) is 5.69 Å². The molecule has 1 aliphatic heterocycles. The largest absolute Gasteiger partial charge is 0.493 e. The van der Waals surface area contributed by atoms with Gasteiger partial charge in [-0.2, -0.15) is 0 Å². The minimum atomic E-state index is 0.583. The van der Waals surface area contributed by atoms with Crippen LogP contribution in [0, 0.1) is 0 Å². The van der Waals surface area contributed by atoms with Crippen molar-refractivity contribution in [3.8, 4) is 17.2 Å². The van der Waals surface area contributed by atoms with Gasteiger partial charge in [0.2, 0.25) is 0 Å². The smallest absolute Gasteiger partial charge is 0.163 e. The van der Waals surface area contributed by atoms with E-state index < -0.39 is 0 Å². The predicted molar refractivity (Wildman–Crippen MR) is 82.2 cm³/mol. The number of nitrogen functional groups attached to an aromatic ring is 1. The van der Waals surface area contributed by atoms with Crippen molar-refractivity contribution >= 4 is 5.69 Å². The number of methoxy groups -OCH3 is 1. The van der Waals surface area contributed by atoms with Crippen LogP contribution in [0.3, 0.4) is 0 Å². The molecule has 0 saturated carbocycles. The Balaban J connectivity index is 1.62. The number of nitrogens with two attached hydrogens (primary N) is 1. The van der Waals surface area contributed by atoms with Crippen molar-refractivity contribution in [3.05, 3.63) is 47.5 Å². The molecule has 1 heterocycles. The number of anilines is 1. The van der Waals surface area contributed by atoms with Crippen molar-refractivity contribution in [1.29, 1.82) is 0 Å². The molecule has 110 valence electrons. The van der Waals surface area contributed by atoms with Gasteiger partial charge in [-0.1, -0.05) is 12.1 Å². The molecule has 21 heavy (non-hydrogen) atoms. The van der Waals surface area contributed by atoms with E-state index in [-0.39, 0.29) is 0 Å². The van der Waals surface area contributed by atoms with E-state index in [1.807, 2.05) is 12.1 Å². The fourth-order valence-corrected chi connectivity index (χ4v) is 2.48. The summed E-state index contributed by atoms with van der Waals surface area (Å²) in [5, 5.41) is 0. The standard InChI is InChI=1S/C17H19NO3/c1-19-16-5-3-14(18)11-17(16)21-8-6-12-2-4-15-13(10-12)7-9-20-15/h2-5,10-11H,6-9,18H2,1H3. The summed E-state index contributed by atoms with van der Waals surface area (Å²) in [5.41, 5.74) is 8.98. The minimum Gasteiger partial charge on any atom is -0.493 e. The maximum atomic E-state index is 5.80. The van der Waals surface area contributed by atoms with Crippen LogP contribution in [-0.2, 0) is 12.8 Å². The highest BCUT2D eigenvalue weighted by Crippen LogP contribution is 2.29. The third kappa shape index (κ3) is 3.05. The van der Waals surface area contributed by atoms with E-state index >= 15 is 0 Å². The molecule has 1 aliphatic rings. The second-order valence-corrected chi connectivity index (χ2v) is 5.05. The van der Waals surface area contributed by atoms with Gasteiger partial charge < -0.3 is 19.9 Å². The van der Waals surface area contributed by atoms with Gasteiger partial charge in [0.05, 0.1) is 20.3 Å². The van der Waals surface area contributed by atoms with Crippen LogP contribution in [-0.4, -0.2) is 20.3 Å². The molecular formula is C17H19NO3. The topological polar surface area (TPSA) is 53.7 Å². The van der Waals surface area contributed by atoms with Gasteiger partial charge in [-0.3, -0.25) is 0 Å². The Labute approximate surface area is 124 Å². The van der Waals surface area contributed by atoms with E-state index in [0.717, 1.165) is 25.2 Å². The fraction of sp³-hybridized carbons (Fsp3) is 0.294. The van der Waals surface area contributed by atoms with Crippen molar-refractivity contribution in [2.45, 2.75) is 12.8 Å². The van der Waals surface area contributed by atoms with Crippen LogP contribution in [0.1, 0.15) is 11.1 Å². The quantitative estimate of drug-likeness (QED) is 0.858. The summed E-state index contributed by atoms with van der Waals surface area (Å²) in [6.45, 7) is 1.37. The Bertz CT molecular complexity index is 640. The van der Waals surface area contributed by atoms with Gasteiger partial charge in [0.25, 0.3) is 0 Å². The lowest BCUT2D eigenvalue weighted by atomic mass is 10.1. The Hall–Kier alpha value is -2.36. The molecule has 0 unspecified atom stereocenters. The van der Waals surface area contributed by atoms with Crippen molar-refractivity contribution < 1.29 is 14.2 Å². The summed E-state index contributed by atoms with van der Waals surface area (Å²) in [4.78, 5) is 0. The molecule has 2 N–H and O–H groups in total. The molecule has 0 amide bonds. The van der Waals surface area contributed by atoms with Crippen molar-refractivity contribution in [3.63, 3.8) is 0 Å². The molecule has 0 saturated heterocycles. The van der Waals surface area contributed by atoms with Gasteiger partial charge in [0, 0.05) is 24.6 Å². The first-order chi connectivity index (χ1) is 10.3. The van der Waals surface area contributed by atoms with E-state index in [0.29, 0.717) is 23.8 Å². The summed E-state index contributed by atoms with van der Waals surface area (Å²) < 4.78 is 16.6. The molecule has 0 aromatic heterocycles. The minimum absolute atomic E-state index is 0.583. The van der Waals surface area contributed by atoms with Crippen LogP contribution >= 0.6 is 0 Å². The van der Waals surface area contributed by atoms with Crippen molar-refractivity contribution in [2.75, 3.05) is 26.1 Å². The van der Waals surface area contributed by atoms with E-state index in [4.69, 9.17) is 19.9 Å². The van der Waals surface area contributed by atoms with Gasteiger partial charge in [0.1, 0.15) is 5.75 Å². The molecule has 2 aromatic rings. The van der Waals surface area contributed by atoms with Gasteiger partial charge in [-0.15, -0.1) is 0 Å². The van der Waals surface area contributed by atoms with E-state index in [1.54, 1.807) is 19.2 Å². The van der Waals surface area contributed by atoms with Crippen LogP contribution in [0.25, 0.3) is 0 Å². The summed E-state index contributed by atoms with van der Waals surface area (Å²) >= 11 is 0. The lowest BCUT2D eigenvalue weighted by Crippen LogP contribution is -2.03. The van der Waals surface area contributed by atoms with E-state index in [1.165, 1.54) is 11.1 Å². The highest BCUT2D eigenvalue weighted by Gasteiger charge is 2.12. The Morgan fingerprint density at radius 2 is 2.05 bits per heavy atom. The van der Waals surface area contributed by atoms with Gasteiger partial charge in [-0.25, -0.2) is 0 Å². The first-order valence-corrected chi connectivity index (χ1v) is 7.07. The van der Waals surface area contributed by atoms with Crippen LogP contribution in [0.2, 0.25) is 0 Å². The molecule has 2 aromatic carbocycles. The fourth-order valence-electron chi connectivity index (χ4n) is 2.48. The maximum Gasteiger partial charge on any atom is 0.163 e. The highest BCUT2D eigenvalue weighted by molar-refractivity contribution is 5.52. The molecule has 0 fully saturated rings. The Morgan fingerprint density at radius 1 is 1.14 bits per heavy atom. The predicted octanol–water partition coefficient (Wildman–Crippen LogP) is 2.83. The first-order valence-electron chi connectivity index (χ1n) is 7.07. The summed E-state index contributed by atoms with van der Waals surface area (Å²) in [6.07, 6.45) is 1.83. The zero-order chi connectivity index (χ0) is 14.7. The molecule has 4 heteroatoms. The van der Waals surface area contributed by atoms with E-state index in [9.17, 15) is 0 Å². The lowest BCUT2D eigenvalue weighted by Gasteiger charge is -2.11. The monoisotopic (exact) mass is 285 g/mol. The zero-order valence-electron chi connectivity index (χ0n) is 12.1. The second kappa shape index (κ2) is 5.95. The molecule has 0 radical (unpaired) electrons. The summed E-state index contributed by atoms with van der Waals surface area (Å²) in [7, 11) is 1.62. The highest BCUT2D eigenvalue weighted by atomic mass is 16.5. The number of hydrogen-bond donors (Lipinski definition) is 1. The zero-order valence-corrected chi connectivity index (χ0v) is 12.1. The third-order valence-electron chi connectivity index (χ3n) is 3.59. The van der Waals surface area contributed by atoms with Gasteiger partial charge in [0.15, 0.2) is 11.5 Å². The Kier molecular flexibility index (Phi) is 3.86. The lowest BCUT2D eigenvalue weighted by molar-refractivity contribution is 0.298. The van der Waals surface area contributed by atoms with Crippen LogP contribution < -0.4 is 19.9 Å². The molecule has 4 nitrogen and oxygen atoms in total. The number of ether oxygens (including phenoxy) is 3. The normalized spacial score (nSPS) is 12.6. The second-order valence-electron chi connectivity index (χ2n) is 5.05. The average molecular weight is 285 g/mol. The van der Waals surface area contributed by atoms with Crippen molar-refractivity contribution in [2.24, 2.45) is 0 Å². The van der Waals surface area contributed by atoms with E-state index in [2.05, 4.69) is 12.1 Å². The molecule has 0 aliphatic carbocycles. The molecular weight excluding hydrogens is 266 g/mol. The van der Waals surface area contributed by atoms with Gasteiger partial charge in [-0.05, 0) is 29.3 Å². The summed E-state index contributed by atoms with van der Waals surface area (Å²) in [5.74, 6) is 2.39. The van der Waals surface area contributed by atoms with Crippen LogP contribution in [0.5, 0.6) is 17.2 Å². The number of hydrogen-bond acceptors (Lipinski definition) is 4. The summed E-state index contributed by atoms with van der Waals surface area (Å²) in [6, 6.07) is 11.7. The van der Waals surface area contributed by atoms with Gasteiger partial charge >= 0.3 is 0 Å². The average Bonchev–Trinajstić information content (AvgIpc) is 2.95. The number of rotatable bonds is 5. The SMILES string of the molecule is COc1ccc(N)cc1OCCc1ccc2c(c1)CCO2. The van der Waals surface area contributed by atoms with Crippen LogP contribution in [0.15, 0.2) is 36.4 Å². The molecule has 0 spiro atoms. The van der Waals surface area contributed by atoms with Crippen molar-refractivity contribution in [1.82, 2.24) is 0 Å². The number of benzene rings is 2. The molecule has 3 rings (SSSR count). The number of fused-ring (bicyclic) bond motifs is 1. The maximum absolute atomic E-state index is 5.80. The first kappa shape index (κ1) is 13.6. The Morgan fingerprint density at radius 3 is 2.90 bits per heavy atom.